The highest BCUT2D eigenvalue weighted by atomic mass is 35.5. The van der Waals surface area contributed by atoms with Crippen LogP contribution >= 0.6 is 11.6 Å². The Morgan fingerprint density at radius 1 is 1.23 bits per heavy atom. The fourth-order valence-corrected chi connectivity index (χ4v) is 2.29. The Labute approximate surface area is 136 Å². The van der Waals surface area contributed by atoms with Crippen LogP contribution in [0.5, 0.6) is 5.75 Å². The molecule has 2 rings (SSSR count). The highest BCUT2D eigenvalue weighted by Crippen LogP contribution is 2.20. The van der Waals surface area contributed by atoms with Gasteiger partial charge in [-0.3, -0.25) is 4.79 Å². The van der Waals surface area contributed by atoms with E-state index in [0.717, 1.165) is 17.7 Å². The molecule has 2 aromatic rings. The lowest BCUT2D eigenvalue weighted by Gasteiger charge is -2.16. The Hall–Kier alpha value is -2.00. The summed E-state index contributed by atoms with van der Waals surface area (Å²) < 4.78 is 5.67. The first-order valence-electron chi connectivity index (χ1n) is 7.32. The summed E-state index contributed by atoms with van der Waals surface area (Å²) in [4.78, 5) is 12.2. The number of benzene rings is 2. The molecule has 22 heavy (non-hydrogen) atoms. The molecule has 0 radical (unpaired) electrons. The Balaban J connectivity index is 1.99. The van der Waals surface area contributed by atoms with Crippen LogP contribution in [0.1, 0.15) is 25.0 Å². The van der Waals surface area contributed by atoms with Gasteiger partial charge in [-0.05, 0) is 61.7 Å². The maximum absolute atomic E-state index is 12.2. The molecule has 2 aromatic carbocycles. The second-order valence-corrected chi connectivity index (χ2v) is 5.64. The van der Waals surface area contributed by atoms with Crippen molar-refractivity contribution in [1.29, 1.82) is 0 Å². The van der Waals surface area contributed by atoms with Gasteiger partial charge in [-0.25, -0.2) is 0 Å². The fraction of sp³-hybridized carbons (Fsp3) is 0.278. The average Bonchev–Trinajstić information content (AvgIpc) is 2.50. The first kappa shape index (κ1) is 16.4. The molecule has 1 atom stereocenters. The molecular weight excluding hydrogens is 298 g/mol. The van der Waals surface area contributed by atoms with E-state index in [-0.39, 0.29) is 5.91 Å². The molecular formula is C18H20ClNO2. The van der Waals surface area contributed by atoms with Crippen LogP contribution in [0, 0.1) is 6.92 Å². The van der Waals surface area contributed by atoms with Gasteiger partial charge in [0.05, 0.1) is 0 Å². The molecule has 3 nitrogen and oxygen atoms in total. The number of nitrogens with one attached hydrogen (secondary N) is 1. The summed E-state index contributed by atoms with van der Waals surface area (Å²) in [6.07, 6.45) is 0.397. The van der Waals surface area contributed by atoms with Crippen molar-refractivity contribution in [3.8, 4) is 5.75 Å². The number of hydrogen-bond donors (Lipinski definition) is 1. The predicted octanol–water partition coefficient (Wildman–Crippen LogP) is 4.62. The molecule has 1 unspecified atom stereocenters. The summed E-state index contributed by atoms with van der Waals surface area (Å²) in [6, 6.07) is 13.1. The van der Waals surface area contributed by atoms with Gasteiger partial charge >= 0.3 is 0 Å². The second kappa shape index (κ2) is 7.32. The van der Waals surface area contributed by atoms with Gasteiger partial charge in [-0.1, -0.05) is 30.7 Å². The minimum Gasteiger partial charge on any atom is -0.481 e. The van der Waals surface area contributed by atoms with E-state index in [0.29, 0.717) is 10.8 Å². The van der Waals surface area contributed by atoms with E-state index in [2.05, 4.69) is 12.2 Å². The highest BCUT2D eigenvalue weighted by molar-refractivity contribution is 6.30. The maximum atomic E-state index is 12.2. The van der Waals surface area contributed by atoms with Crippen molar-refractivity contribution in [2.75, 3.05) is 5.32 Å². The lowest BCUT2D eigenvalue weighted by atomic mass is 10.2. The standard InChI is InChI=1S/C18H20ClNO2/c1-4-14-5-8-16(9-6-14)22-13(3)18(21)20-17-10-7-15(19)11-12(17)2/h5-11,13H,4H2,1-3H3,(H,20,21). The van der Waals surface area contributed by atoms with Crippen LogP contribution in [0.4, 0.5) is 5.69 Å². The van der Waals surface area contributed by atoms with Gasteiger partial charge in [0.2, 0.25) is 0 Å². The van der Waals surface area contributed by atoms with Gasteiger partial charge in [0.15, 0.2) is 6.10 Å². The number of anilines is 1. The minimum absolute atomic E-state index is 0.190. The number of aryl methyl sites for hydroxylation is 2. The van der Waals surface area contributed by atoms with Gasteiger partial charge in [0, 0.05) is 10.7 Å². The number of ether oxygens (including phenoxy) is 1. The van der Waals surface area contributed by atoms with Crippen molar-refractivity contribution in [2.45, 2.75) is 33.3 Å². The van der Waals surface area contributed by atoms with E-state index < -0.39 is 6.10 Å². The number of carbonyl (C=O) groups is 1. The van der Waals surface area contributed by atoms with E-state index in [1.54, 1.807) is 19.1 Å². The Morgan fingerprint density at radius 2 is 1.91 bits per heavy atom. The molecule has 0 heterocycles. The van der Waals surface area contributed by atoms with Gasteiger partial charge < -0.3 is 10.1 Å². The summed E-state index contributed by atoms with van der Waals surface area (Å²) in [5, 5.41) is 3.51. The molecule has 1 amide bonds. The van der Waals surface area contributed by atoms with E-state index in [4.69, 9.17) is 16.3 Å². The van der Waals surface area contributed by atoms with E-state index in [9.17, 15) is 4.79 Å². The zero-order valence-corrected chi connectivity index (χ0v) is 13.8. The quantitative estimate of drug-likeness (QED) is 0.874. The summed E-state index contributed by atoms with van der Waals surface area (Å²) in [7, 11) is 0. The largest absolute Gasteiger partial charge is 0.481 e. The average molecular weight is 318 g/mol. The lowest BCUT2D eigenvalue weighted by molar-refractivity contribution is -0.122. The number of amides is 1. The van der Waals surface area contributed by atoms with Crippen LogP contribution in [0.3, 0.4) is 0 Å². The van der Waals surface area contributed by atoms with Crippen LogP contribution in [0.2, 0.25) is 5.02 Å². The molecule has 0 fully saturated rings. The summed E-state index contributed by atoms with van der Waals surface area (Å²) in [5.41, 5.74) is 2.90. The van der Waals surface area contributed by atoms with E-state index in [1.165, 1.54) is 5.56 Å². The van der Waals surface area contributed by atoms with Gasteiger partial charge in [-0.15, -0.1) is 0 Å². The first-order chi connectivity index (χ1) is 10.5. The Bertz CT molecular complexity index is 653. The van der Waals surface area contributed by atoms with Crippen molar-refractivity contribution in [1.82, 2.24) is 0 Å². The molecule has 1 N–H and O–H groups in total. The molecule has 4 heteroatoms. The van der Waals surface area contributed by atoms with Crippen LogP contribution in [-0.4, -0.2) is 12.0 Å². The second-order valence-electron chi connectivity index (χ2n) is 5.21. The fourth-order valence-electron chi connectivity index (χ4n) is 2.06. The van der Waals surface area contributed by atoms with Crippen molar-refractivity contribution in [3.63, 3.8) is 0 Å². The molecule has 0 spiro atoms. The van der Waals surface area contributed by atoms with E-state index >= 15 is 0 Å². The van der Waals surface area contributed by atoms with Crippen LogP contribution in [0.15, 0.2) is 42.5 Å². The highest BCUT2D eigenvalue weighted by Gasteiger charge is 2.15. The molecule has 0 saturated heterocycles. The third-order valence-corrected chi connectivity index (χ3v) is 3.70. The molecule has 0 saturated carbocycles. The van der Waals surface area contributed by atoms with Crippen LogP contribution in [0.25, 0.3) is 0 Å². The molecule has 116 valence electrons. The summed E-state index contributed by atoms with van der Waals surface area (Å²) in [5.74, 6) is 0.498. The zero-order valence-electron chi connectivity index (χ0n) is 13.0. The molecule has 0 aliphatic rings. The first-order valence-corrected chi connectivity index (χ1v) is 7.70. The number of rotatable bonds is 5. The zero-order chi connectivity index (χ0) is 16.1. The Kier molecular flexibility index (Phi) is 5.45. The van der Waals surface area contributed by atoms with Crippen LogP contribution in [-0.2, 0) is 11.2 Å². The minimum atomic E-state index is -0.581. The third kappa shape index (κ3) is 4.25. The molecule has 0 aromatic heterocycles. The van der Waals surface area contributed by atoms with E-state index in [1.807, 2.05) is 37.3 Å². The number of carbonyl (C=O) groups excluding carboxylic acids is 1. The van der Waals surface area contributed by atoms with Crippen molar-refractivity contribution < 1.29 is 9.53 Å². The van der Waals surface area contributed by atoms with Gasteiger partial charge in [0.1, 0.15) is 5.75 Å². The predicted molar refractivity (Wildman–Crippen MR) is 90.7 cm³/mol. The number of hydrogen-bond acceptors (Lipinski definition) is 2. The van der Waals surface area contributed by atoms with Crippen LogP contribution < -0.4 is 10.1 Å². The molecule has 0 aliphatic heterocycles. The normalized spacial score (nSPS) is 11.8. The molecule has 0 aliphatic carbocycles. The topological polar surface area (TPSA) is 38.3 Å². The Morgan fingerprint density at radius 3 is 2.50 bits per heavy atom. The monoisotopic (exact) mass is 317 g/mol. The summed E-state index contributed by atoms with van der Waals surface area (Å²) in [6.45, 7) is 5.73. The van der Waals surface area contributed by atoms with Gasteiger partial charge in [-0.2, -0.15) is 0 Å². The maximum Gasteiger partial charge on any atom is 0.265 e. The molecule has 0 bridgehead atoms. The van der Waals surface area contributed by atoms with Gasteiger partial charge in [0.25, 0.3) is 5.91 Å². The van der Waals surface area contributed by atoms with Crippen molar-refractivity contribution in [2.24, 2.45) is 0 Å². The van der Waals surface area contributed by atoms with Crippen molar-refractivity contribution >= 4 is 23.2 Å². The third-order valence-electron chi connectivity index (χ3n) is 3.46. The van der Waals surface area contributed by atoms with Crippen molar-refractivity contribution in [3.05, 3.63) is 58.6 Å². The summed E-state index contributed by atoms with van der Waals surface area (Å²) >= 11 is 5.91. The SMILES string of the molecule is CCc1ccc(OC(C)C(=O)Nc2ccc(Cl)cc2C)cc1. The number of halogens is 1. The lowest BCUT2D eigenvalue weighted by Crippen LogP contribution is -2.30. The smallest absolute Gasteiger partial charge is 0.265 e.